The number of hydrogen-bond donors (Lipinski definition) is 1. The van der Waals surface area contributed by atoms with E-state index in [1.807, 2.05) is 0 Å². The summed E-state index contributed by atoms with van der Waals surface area (Å²) in [5, 5.41) is 6.14. The molecule has 0 saturated heterocycles. The first-order chi connectivity index (χ1) is 8.74. The van der Waals surface area contributed by atoms with Crippen molar-refractivity contribution in [2.45, 2.75) is 31.7 Å². The van der Waals surface area contributed by atoms with Crippen molar-refractivity contribution in [2.75, 3.05) is 5.32 Å². The van der Waals surface area contributed by atoms with E-state index in [1.165, 1.54) is 6.92 Å². The van der Waals surface area contributed by atoms with Crippen LogP contribution in [0.1, 0.15) is 25.3 Å². The van der Waals surface area contributed by atoms with E-state index in [0.717, 1.165) is 11.8 Å². The van der Waals surface area contributed by atoms with Crippen molar-refractivity contribution in [1.82, 2.24) is 10.2 Å². The Morgan fingerprint density at radius 1 is 1.42 bits per heavy atom. The quantitative estimate of drug-likeness (QED) is 0.925. The number of nitrogens with zero attached hydrogens (tertiary/aromatic N) is 2. The van der Waals surface area contributed by atoms with Gasteiger partial charge < -0.3 is 0 Å². The fraction of sp³-hybridized carbons (Fsp3) is 0.556. The third-order valence-electron chi connectivity index (χ3n) is 1.87. The average Bonchev–Trinajstić information content (AvgIpc) is 2.73. The van der Waals surface area contributed by atoms with Gasteiger partial charge in [0.15, 0.2) is 5.12 Å². The topological polar surface area (TPSA) is 72.0 Å². The number of aromatic nitrogens is 2. The van der Waals surface area contributed by atoms with Crippen LogP contribution in [-0.4, -0.2) is 26.5 Å². The summed E-state index contributed by atoms with van der Waals surface area (Å²) in [5.41, 5.74) is 0. The average molecular weight is 313 g/mol. The Kier molecular flexibility index (Phi) is 5.29. The Morgan fingerprint density at radius 3 is 2.47 bits per heavy atom. The van der Waals surface area contributed by atoms with Crippen LogP contribution in [0.3, 0.4) is 0 Å². The predicted octanol–water partition coefficient (Wildman–Crippen LogP) is 2.55. The van der Waals surface area contributed by atoms with Crippen LogP contribution in [0.15, 0.2) is 0 Å². The van der Waals surface area contributed by atoms with Crippen molar-refractivity contribution in [3.05, 3.63) is 5.01 Å². The van der Waals surface area contributed by atoms with E-state index in [9.17, 15) is 22.8 Å². The van der Waals surface area contributed by atoms with E-state index in [-0.39, 0.29) is 21.6 Å². The summed E-state index contributed by atoms with van der Waals surface area (Å²) >= 11 is 1.06. The molecular formula is C9H10F3N3O2S2. The second-order valence-electron chi connectivity index (χ2n) is 3.41. The molecule has 0 fully saturated rings. The first kappa shape index (κ1) is 15.9. The Bertz CT molecular complexity index is 476. The fourth-order valence-electron chi connectivity index (χ4n) is 1.10. The van der Waals surface area contributed by atoms with E-state index in [0.29, 0.717) is 6.42 Å². The minimum absolute atomic E-state index is 0.236. The zero-order valence-corrected chi connectivity index (χ0v) is 11.6. The first-order valence-corrected chi connectivity index (χ1v) is 6.82. The Balaban J connectivity index is 2.71. The number of carbonyl (C=O) groups is 2. The molecule has 1 N–H and O–H groups in total. The van der Waals surface area contributed by atoms with Crippen LogP contribution < -0.4 is 5.32 Å². The van der Waals surface area contributed by atoms with Crippen molar-refractivity contribution in [3.8, 4) is 0 Å². The number of nitrogens with one attached hydrogen (secondary N) is 1. The van der Waals surface area contributed by atoms with Gasteiger partial charge in [-0.1, -0.05) is 30.0 Å². The van der Waals surface area contributed by atoms with Gasteiger partial charge in [0.05, 0.1) is 5.25 Å². The lowest BCUT2D eigenvalue weighted by atomic mass is 10.3. The monoisotopic (exact) mass is 313 g/mol. The number of rotatable bonds is 4. The summed E-state index contributed by atoms with van der Waals surface area (Å²) in [6.45, 7) is 3.01. The van der Waals surface area contributed by atoms with Crippen LogP contribution in [0.25, 0.3) is 0 Å². The molecule has 1 aromatic rings. The standard InChI is InChI=1S/C9H10F3N3O2S2/c1-3-5(18-4(2)16)6(17)13-8-15-14-7(19-8)9(10,11)12/h5H,3H2,1-2H3,(H,13,15,17). The normalized spacial score (nSPS) is 13.1. The first-order valence-electron chi connectivity index (χ1n) is 5.12. The van der Waals surface area contributed by atoms with E-state index >= 15 is 0 Å². The highest BCUT2D eigenvalue weighted by Gasteiger charge is 2.36. The maximum Gasteiger partial charge on any atom is 0.445 e. The molecular weight excluding hydrogens is 303 g/mol. The highest BCUT2D eigenvalue weighted by atomic mass is 32.2. The summed E-state index contributed by atoms with van der Waals surface area (Å²) in [6, 6.07) is 0. The summed E-state index contributed by atoms with van der Waals surface area (Å²) in [6.07, 6.45) is -4.21. The van der Waals surface area contributed by atoms with Gasteiger partial charge in [-0.05, 0) is 6.42 Å². The third-order valence-corrected chi connectivity index (χ3v) is 3.92. The summed E-state index contributed by atoms with van der Waals surface area (Å²) in [7, 11) is 0. The second kappa shape index (κ2) is 6.33. The number of anilines is 1. The van der Waals surface area contributed by atoms with E-state index in [1.54, 1.807) is 6.92 Å². The minimum Gasteiger partial charge on any atom is -0.300 e. The molecule has 0 radical (unpaired) electrons. The van der Waals surface area contributed by atoms with Crippen LogP contribution >= 0.6 is 23.1 Å². The Morgan fingerprint density at radius 2 is 2.05 bits per heavy atom. The SMILES string of the molecule is CCC(SC(C)=O)C(=O)Nc1nnc(C(F)(F)F)s1. The molecule has 1 rings (SSSR count). The van der Waals surface area contributed by atoms with Gasteiger partial charge in [0.25, 0.3) is 0 Å². The number of amides is 1. The van der Waals surface area contributed by atoms with Gasteiger partial charge in [-0.3, -0.25) is 14.9 Å². The zero-order valence-electron chi connectivity index (χ0n) is 9.95. The lowest BCUT2D eigenvalue weighted by Crippen LogP contribution is -2.25. The van der Waals surface area contributed by atoms with Gasteiger partial charge in [-0.15, -0.1) is 10.2 Å². The van der Waals surface area contributed by atoms with Gasteiger partial charge in [-0.25, -0.2) is 0 Å². The van der Waals surface area contributed by atoms with Crippen molar-refractivity contribution < 1.29 is 22.8 Å². The fourth-order valence-corrected chi connectivity index (χ4v) is 2.44. The molecule has 1 amide bonds. The van der Waals surface area contributed by atoms with Crippen LogP contribution in [-0.2, 0) is 15.8 Å². The maximum atomic E-state index is 12.3. The number of halogens is 3. The second-order valence-corrected chi connectivity index (χ2v) is 5.76. The highest BCUT2D eigenvalue weighted by Crippen LogP contribution is 2.33. The van der Waals surface area contributed by atoms with Crippen molar-refractivity contribution >= 4 is 39.3 Å². The zero-order chi connectivity index (χ0) is 14.6. The summed E-state index contributed by atoms with van der Waals surface area (Å²) in [4.78, 5) is 22.6. The van der Waals surface area contributed by atoms with Crippen LogP contribution in [0, 0.1) is 0 Å². The van der Waals surface area contributed by atoms with Gasteiger partial charge in [-0.2, -0.15) is 13.2 Å². The summed E-state index contributed by atoms with van der Waals surface area (Å²) in [5.74, 6) is -0.562. The molecule has 0 aromatic carbocycles. The third kappa shape index (κ3) is 4.78. The molecule has 5 nitrogen and oxygen atoms in total. The number of alkyl halides is 3. The largest absolute Gasteiger partial charge is 0.445 e. The molecule has 1 heterocycles. The number of carbonyl (C=O) groups excluding carboxylic acids is 2. The molecule has 1 atom stereocenters. The highest BCUT2D eigenvalue weighted by molar-refractivity contribution is 8.14. The van der Waals surface area contributed by atoms with Crippen molar-refractivity contribution in [1.29, 1.82) is 0 Å². The molecule has 10 heteroatoms. The molecule has 0 aliphatic carbocycles. The van der Waals surface area contributed by atoms with E-state index < -0.39 is 22.3 Å². The Hall–Kier alpha value is -1.16. The molecule has 0 aliphatic heterocycles. The molecule has 0 bridgehead atoms. The molecule has 0 saturated carbocycles. The van der Waals surface area contributed by atoms with Crippen LogP contribution in [0.5, 0.6) is 0 Å². The number of thioether (sulfide) groups is 1. The molecule has 19 heavy (non-hydrogen) atoms. The lowest BCUT2D eigenvalue weighted by molar-refractivity contribution is -0.138. The lowest BCUT2D eigenvalue weighted by Gasteiger charge is -2.10. The van der Waals surface area contributed by atoms with Gasteiger partial charge in [0, 0.05) is 6.92 Å². The molecule has 106 valence electrons. The predicted molar refractivity (Wildman–Crippen MR) is 65.9 cm³/mol. The molecule has 0 aliphatic rings. The summed E-state index contributed by atoms with van der Waals surface area (Å²) < 4.78 is 36.8. The smallest absolute Gasteiger partial charge is 0.300 e. The van der Waals surface area contributed by atoms with Gasteiger partial charge in [0.2, 0.25) is 16.0 Å². The van der Waals surface area contributed by atoms with Crippen molar-refractivity contribution in [3.63, 3.8) is 0 Å². The minimum atomic E-state index is -4.58. The van der Waals surface area contributed by atoms with Crippen LogP contribution in [0.2, 0.25) is 0 Å². The Labute approximate surface area is 115 Å². The van der Waals surface area contributed by atoms with Gasteiger partial charge >= 0.3 is 6.18 Å². The van der Waals surface area contributed by atoms with E-state index in [4.69, 9.17) is 0 Å². The molecule has 0 spiro atoms. The molecule has 1 unspecified atom stereocenters. The van der Waals surface area contributed by atoms with Crippen LogP contribution in [0.4, 0.5) is 18.3 Å². The van der Waals surface area contributed by atoms with Crippen molar-refractivity contribution in [2.24, 2.45) is 0 Å². The number of hydrogen-bond acceptors (Lipinski definition) is 6. The van der Waals surface area contributed by atoms with E-state index in [2.05, 4.69) is 15.5 Å². The van der Waals surface area contributed by atoms with Gasteiger partial charge in [0.1, 0.15) is 0 Å². The molecule has 1 aromatic heterocycles. The maximum absolute atomic E-state index is 12.3.